The van der Waals surface area contributed by atoms with E-state index in [2.05, 4.69) is 5.10 Å². The number of aliphatic hydroxyl groups is 1. The Balaban J connectivity index is 1.83. The maximum Gasteiger partial charge on any atom is 0.251 e. The SMILES string of the molecule is O=C1C2CCCC2=NN1C1CCCC1O. The van der Waals surface area contributed by atoms with Crippen molar-refractivity contribution in [1.82, 2.24) is 5.01 Å². The molecule has 1 N–H and O–H groups in total. The van der Waals surface area contributed by atoms with Gasteiger partial charge in [-0.25, -0.2) is 5.01 Å². The summed E-state index contributed by atoms with van der Waals surface area (Å²) in [5, 5.41) is 15.8. The monoisotopic (exact) mass is 208 g/mol. The normalized spacial score (nSPS) is 39.8. The number of carbonyl (C=O) groups excluding carboxylic acids is 1. The predicted octanol–water partition coefficient (Wildman–Crippen LogP) is 0.898. The second kappa shape index (κ2) is 3.30. The van der Waals surface area contributed by atoms with Crippen LogP contribution in [0.2, 0.25) is 0 Å². The van der Waals surface area contributed by atoms with Crippen molar-refractivity contribution in [3.8, 4) is 0 Å². The second-order valence-electron chi connectivity index (χ2n) is 4.78. The summed E-state index contributed by atoms with van der Waals surface area (Å²) in [6.07, 6.45) is 5.37. The van der Waals surface area contributed by atoms with E-state index in [4.69, 9.17) is 0 Å². The summed E-state index contributed by atoms with van der Waals surface area (Å²) in [6.45, 7) is 0. The van der Waals surface area contributed by atoms with Gasteiger partial charge in [0, 0.05) is 0 Å². The highest BCUT2D eigenvalue weighted by Crippen LogP contribution is 2.34. The number of fused-ring (bicyclic) bond motifs is 1. The predicted molar refractivity (Wildman–Crippen MR) is 55.3 cm³/mol. The lowest BCUT2D eigenvalue weighted by Crippen LogP contribution is -2.40. The standard InChI is InChI=1S/C11H16N2O2/c14-10-6-2-5-9(10)13-11(15)7-3-1-4-8(7)12-13/h7,9-10,14H,1-6H2. The number of amides is 1. The van der Waals surface area contributed by atoms with Crippen molar-refractivity contribution in [2.75, 3.05) is 0 Å². The van der Waals surface area contributed by atoms with Crippen LogP contribution in [0.4, 0.5) is 0 Å². The molecule has 4 nitrogen and oxygen atoms in total. The zero-order valence-electron chi connectivity index (χ0n) is 8.72. The third-order valence-corrected chi connectivity index (χ3v) is 3.85. The molecular weight excluding hydrogens is 192 g/mol. The molecule has 2 saturated carbocycles. The van der Waals surface area contributed by atoms with E-state index in [1.165, 1.54) is 0 Å². The summed E-state index contributed by atoms with van der Waals surface area (Å²) >= 11 is 0. The molecule has 0 radical (unpaired) electrons. The molecule has 0 bridgehead atoms. The second-order valence-corrected chi connectivity index (χ2v) is 4.78. The minimum atomic E-state index is -0.364. The van der Waals surface area contributed by atoms with Gasteiger partial charge in [0.1, 0.15) is 0 Å². The fourth-order valence-corrected chi connectivity index (χ4v) is 3.00. The van der Waals surface area contributed by atoms with E-state index in [1.54, 1.807) is 5.01 Å². The fraction of sp³-hybridized carbons (Fsp3) is 0.818. The number of carbonyl (C=O) groups is 1. The smallest absolute Gasteiger partial charge is 0.251 e. The first-order chi connectivity index (χ1) is 7.27. The molecule has 3 aliphatic rings. The maximum atomic E-state index is 12.0. The molecule has 3 atom stereocenters. The summed E-state index contributed by atoms with van der Waals surface area (Å²) in [5.74, 6) is 0.186. The first-order valence-corrected chi connectivity index (χ1v) is 5.86. The lowest BCUT2D eigenvalue weighted by molar-refractivity contribution is -0.135. The van der Waals surface area contributed by atoms with Gasteiger partial charge in [-0.2, -0.15) is 5.10 Å². The Kier molecular flexibility index (Phi) is 2.06. The summed E-state index contributed by atoms with van der Waals surface area (Å²) in [5.41, 5.74) is 1.05. The highest BCUT2D eigenvalue weighted by atomic mass is 16.3. The van der Waals surface area contributed by atoms with Gasteiger partial charge in [-0.15, -0.1) is 0 Å². The molecular formula is C11H16N2O2. The van der Waals surface area contributed by atoms with E-state index >= 15 is 0 Å². The molecule has 3 unspecified atom stereocenters. The molecule has 0 saturated heterocycles. The van der Waals surface area contributed by atoms with Crippen LogP contribution in [0.1, 0.15) is 38.5 Å². The van der Waals surface area contributed by atoms with Crippen molar-refractivity contribution < 1.29 is 9.90 Å². The number of rotatable bonds is 1. The van der Waals surface area contributed by atoms with Crippen molar-refractivity contribution >= 4 is 11.6 Å². The zero-order chi connectivity index (χ0) is 10.4. The van der Waals surface area contributed by atoms with Crippen LogP contribution in [-0.2, 0) is 4.79 Å². The van der Waals surface area contributed by atoms with Gasteiger partial charge in [0.25, 0.3) is 5.91 Å². The number of hydrogen-bond donors (Lipinski definition) is 1. The Labute approximate surface area is 89.0 Å². The fourth-order valence-electron chi connectivity index (χ4n) is 3.00. The number of hydrogen-bond acceptors (Lipinski definition) is 3. The van der Waals surface area contributed by atoms with E-state index in [-0.39, 0.29) is 24.0 Å². The summed E-state index contributed by atoms with van der Waals surface area (Å²) in [4.78, 5) is 12.0. The number of hydrazone groups is 1. The third kappa shape index (κ3) is 1.31. The van der Waals surface area contributed by atoms with Crippen LogP contribution in [0.15, 0.2) is 5.10 Å². The Hall–Kier alpha value is -0.900. The summed E-state index contributed by atoms with van der Waals surface area (Å²) in [7, 11) is 0. The van der Waals surface area contributed by atoms with Gasteiger partial charge in [-0.05, 0) is 38.5 Å². The van der Waals surface area contributed by atoms with E-state index < -0.39 is 0 Å². The van der Waals surface area contributed by atoms with Gasteiger partial charge in [0.15, 0.2) is 0 Å². The van der Waals surface area contributed by atoms with E-state index in [0.717, 1.165) is 44.2 Å². The van der Waals surface area contributed by atoms with Gasteiger partial charge in [-0.1, -0.05) is 0 Å². The van der Waals surface area contributed by atoms with Gasteiger partial charge in [0.2, 0.25) is 0 Å². The molecule has 1 heterocycles. The molecule has 0 spiro atoms. The van der Waals surface area contributed by atoms with E-state index in [9.17, 15) is 9.90 Å². The average molecular weight is 208 g/mol. The van der Waals surface area contributed by atoms with Crippen molar-refractivity contribution in [3.63, 3.8) is 0 Å². The van der Waals surface area contributed by atoms with Crippen LogP contribution in [0.5, 0.6) is 0 Å². The molecule has 0 aromatic heterocycles. The highest BCUT2D eigenvalue weighted by molar-refractivity contribution is 6.09. The largest absolute Gasteiger partial charge is 0.391 e. The van der Waals surface area contributed by atoms with Crippen molar-refractivity contribution in [3.05, 3.63) is 0 Å². The molecule has 82 valence electrons. The molecule has 3 rings (SSSR count). The molecule has 0 aromatic rings. The molecule has 0 aromatic carbocycles. The van der Waals surface area contributed by atoms with Crippen LogP contribution in [0, 0.1) is 5.92 Å². The van der Waals surface area contributed by atoms with E-state index in [1.807, 2.05) is 0 Å². The van der Waals surface area contributed by atoms with Crippen LogP contribution in [0.25, 0.3) is 0 Å². The zero-order valence-corrected chi connectivity index (χ0v) is 8.72. The van der Waals surface area contributed by atoms with Gasteiger partial charge in [-0.3, -0.25) is 4.79 Å². The van der Waals surface area contributed by atoms with Crippen LogP contribution < -0.4 is 0 Å². The number of aliphatic hydroxyl groups excluding tert-OH is 1. The Morgan fingerprint density at radius 2 is 2.13 bits per heavy atom. The lowest BCUT2D eigenvalue weighted by Gasteiger charge is -2.23. The molecule has 1 aliphatic heterocycles. The van der Waals surface area contributed by atoms with Crippen molar-refractivity contribution in [1.29, 1.82) is 0 Å². The summed E-state index contributed by atoms with van der Waals surface area (Å²) in [6, 6.07) is -0.0457. The highest BCUT2D eigenvalue weighted by Gasteiger charge is 2.44. The quantitative estimate of drug-likeness (QED) is 0.696. The average Bonchev–Trinajstić information content (AvgIpc) is 2.85. The molecule has 4 heteroatoms. The molecule has 2 aliphatic carbocycles. The Bertz CT molecular complexity index is 327. The topological polar surface area (TPSA) is 52.9 Å². The van der Waals surface area contributed by atoms with E-state index in [0.29, 0.717) is 0 Å². The van der Waals surface area contributed by atoms with Crippen LogP contribution in [0.3, 0.4) is 0 Å². The maximum absolute atomic E-state index is 12.0. The van der Waals surface area contributed by atoms with Crippen molar-refractivity contribution in [2.24, 2.45) is 11.0 Å². The van der Waals surface area contributed by atoms with Gasteiger partial charge >= 0.3 is 0 Å². The minimum absolute atomic E-state index is 0.0457. The minimum Gasteiger partial charge on any atom is -0.391 e. The first-order valence-electron chi connectivity index (χ1n) is 5.86. The van der Waals surface area contributed by atoms with Crippen LogP contribution >= 0.6 is 0 Å². The Morgan fingerprint density at radius 1 is 1.27 bits per heavy atom. The lowest BCUT2D eigenvalue weighted by atomic mass is 10.1. The summed E-state index contributed by atoms with van der Waals surface area (Å²) < 4.78 is 0. The third-order valence-electron chi connectivity index (χ3n) is 3.85. The molecule has 2 fully saturated rings. The molecule has 1 amide bonds. The molecule has 15 heavy (non-hydrogen) atoms. The Morgan fingerprint density at radius 3 is 2.80 bits per heavy atom. The van der Waals surface area contributed by atoms with Gasteiger partial charge in [0.05, 0.1) is 23.8 Å². The first kappa shape index (κ1) is 9.33. The van der Waals surface area contributed by atoms with Gasteiger partial charge < -0.3 is 5.11 Å². The van der Waals surface area contributed by atoms with Crippen molar-refractivity contribution in [2.45, 2.75) is 50.7 Å². The number of nitrogens with zero attached hydrogens (tertiary/aromatic N) is 2. The van der Waals surface area contributed by atoms with Crippen LogP contribution in [-0.4, -0.2) is 33.9 Å².